The van der Waals surface area contributed by atoms with Crippen molar-refractivity contribution < 1.29 is 0 Å². The first-order valence-corrected chi connectivity index (χ1v) is 12.7. The van der Waals surface area contributed by atoms with E-state index in [4.69, 9.17) is 5.73 Å². The van der Waals surface area contributed by atoms with Crippen LogP contribution < -0.4 is 11.1 Å². The molecule has 0 bridgehead atoms. The molecule has 0 spiro atoms. The second-order valence-electron chi connectivity index (χ2n) is 9.94. The molecule has 1 fully saturated rings. The molecule has 170 valence electrons. The van der Waals surface area contributed by atoms with Gasteiger partial charge in [0.2, 0.25) is 0 Å². The fourth-order valence-electron chi connectivity index (χ4n) is 5.84. The summed E-state index contributed by atoms with van der Waals surface area (Å²) in [6, 6.07) is 11.5. The quantitative estimate of drug-likeness (QED) is 0.358. The van der Waals surface area contributed by atoms with Crippen molar-refractivity contribution in [2.24, 2.45) is 17.1 Å². The Kier molecular flexibility index (Phi) is 9.46. The van der Waals surface area contributed by atoms with Gasteiger partial charge in [-0.15, -0.1) is 0 Å². The van der Waals surface area contributed by atoms with Crippen molar-refractivity contribution >= 4 is 0 Å². The van der Waals surface area contributed by atoms with Crippen molar-refractivity contribution in [3.8, 4) is 0 Å². The standard InChI is InChI=1S/C29H44N2/c1-24(12-11-23-30)31-25(2)28(18-17-26-13-5-3-6-14-26)29(20-9-10-21-29)22-19-27-15-7-4-8-16-27/h3-5,7-8,13,15-16,24,28,31H,2,6,9-12,14,17-23,30H2,1H3. The zero-order valence-electron chi connectivity index (χ0n) is 19.8. The van der Waals surface area contributed by atoms with Crippen molar-refractivity contribution in [1.82, 2.24) is 5.32 Å². The van der Waals surface area contributed by atoms with Gasteiger partial charge in [-0.3, -0.25) is 0 Å². The molecule has 2 nitrogen and oxygen atoms in total. The van der Waals surface area contributed by atoms with Gasteiger partial charge in [-0.25, -0.2) is 0 Å². The van der Waals surface area contributed by atoms with Crippen LogP contribution in [-0.2, 0) is 6.42 Å². The predicted molar refractivity (Wildman–Crippen MR) is 135 cm³/mol. The summed E-state index contributed by atoms with van der Waals surface area (Å²) in [4.78, 5) is 0. The monoisotopic (exact) mass is 420 g/mol. The van der Waals surface area contributed by atoms with E-state index in [2.05, 4.69) is 67.4 Å². The van der Waals surface area contributed by atoms with Gasteiger partial charge in [0.25, 0.3) is 0 Å². The van der Waals surface area contributed by atoms with Gasteiger partial charge in [-0.05, 0) is 88.7 Å². The molecule has 1 saturated carbocycles. The summed E-state index contributed by atoms with van der Waals surface area (Å²) in [7, 11) is 0. The van der Waals surface area contributed by atoms with E-state index >= 15 is 0 Å². The average Bonchev–Trinajstić information content (AvgIpc) is 3.27. The second-order valence-corrected chi connectivity index (χ2v) is 9.94. The van der Waals surface area contributed by atoms with Gasteiger partial charge >= 0.3 is 0 Å². The van der Waals surface area contributed by atoms with E-state index in [9.17, 15) is 0 Å². The molecule has 1 aromatic carbocycles. The minimum Gasteiger partial charge on any atom is -0.386 e. The molecule has 31 heavy (non-hydrogen) atoms. The van der Waals surface area contributed by atoms with E-state index in [1.807, 2.05) is 0 Å². The van der Waals surface area contributed by atoms with Crippen LogP contribution in [0, 0.1) is 11.3 Å². The van der Waals surface area contributed by atoms with E-state index in [-0.39, 0.29) is 0 Å². The van der Waals surface area contributed by atoms with Gasteiger partial charge in [0.1, 0.15) is 0 Å². The molecule has 0 amide bonds. The highest BCUT2D eigenvalue weighted by molar-refractivity contribution is 5.19. The molecule has 0 aromatic heterocycles. The Morgan fingerprint density at radius 2 is 1.90 bits per heavy atom. The van der Waals surface area contributed by atoms with Crippen LogP contribution in [0.25, 0.3) is 0 Å². The molecule has 2 heteroatoms. The van der Waals surface area contributed by atoms with Gasteiger partial charge in [-0.2, -0.15) is 0 Å². The molecule has 0 saturated heterocycles. The Morgan fingerprint density at radius 1 is 1.13 bits per heavy atom. The fourth-order valence-corrected chi connectivity index (χ4v) is 5.84. The van der Waals surface area contributed by atoms with Gasteiger partial charge in [0.05, 0.1) is 0 Å². The van der Waals surface area contributed by atoms with Crippen LogP contribution in [0.2, 0.25) is 0 Å². The number of aryl methyl sites for hydroxylation is 1. The van der Waals surface area contributed by atoms with Crippen LogP contribution >= 0.6 is 0 Å². The van der Waals surface area contributed by atoms with Crippen LogP contribution in [0.15, 0.2) is 66.4 Å². The molecule has 3 rings (SSSR count). The summed E-state index contributed by atoms with van der Waals surface area (Å²) in [5.74, 6) is 0.547. The lowest BCUT2D eigenvalue weighted by Crippen LogP contribution is -2.37. The third kappa shape index (κ3) is 7.10. The maximum absolute atomic E-state index is 5.75. The van der Waals surface area contributed by atoms with Crippen LogP contribution in [0.5, 0.6) is 0 Å². The first-order chi connectivity index (χ1) is 15.1. The normalized spacial score (nSPS) is 19.6. The van der Waals surface area contributed by atoms with Gasteiger partial charge in [0.15, 0.2) is 0 Å². The second kappa shape index (κ2) is 12.3. The number of hydrogen-bond acceptors (Lipinski definition) is 2. The molecule has 0 aliphatic heterocycles. The van der Waals surface area contributed by atoms with Crippen LogP contribution in [0.3, 0.4) is 0 Å². The Morgan fingerprint density at radius 3 is 2.58 bits per heavy atom. The summed E-state index contributed by atoms with van der Waals surface area (Å²) in [5, 5.41) is 3.82. The van der Waals surface area contributed by atoms with Crippen molar-refractivity contribution in [2.45, 2.75) is 90.0 Å². The summed E-state index contributed by atoms with van der Waals surface area (Å²) in [6.45, 7) is 7.69. The molecule has 2 unspecified atom stereocenters. The molecule has 1 aromatic rings. The number of rotatable bonds is 13. The van der Waals surface area contributed by atoms with Crippen LogP contribution in [0.4, 0.5) is 0 Å². The number of benzene rings is 1. The summed E-state index contributed by atoms with van der Waals surface area (Å²) in [5.41, 5.74) is 10.5. The lowest BCUT2D eigenvalue weighted by atomic mass is 9.67. The number of nitrogens with one attached hydrogen (secondary N) is 1. The maximum atomic E-state index is 5.75. The van der Waals surface area contributed by atoms with Crippen molar-refractivity contribution in [2.75, 3.05) is 6.54 Å². The van der Waals surface area contributed by atoms with E-state index in [0.717, 1.165) is 19.4 Å². The van der Waals surface area contributed by atoms with Gasteiger partial charge in [0, 0.05) is 17.7 Å². The average molecular weight is 421 g/mol. The lowest BCUT2D eigenvalue weighted by Gasteiger charge is -2.41. The smallest absolute Gasteiger partial charge is 0.0230 e. The van der Waals surface area contributed by atoms with E-state index < -0.39 is 0 Å². The van der Waals surface area contributed by atoms with Gasteiger partial charge in [-0.1, -0.05) is 73.6 Å². The third-order valence-corrected chi connectivity index (χ3v) is 7.64. The molecule has 0 heterocycles. The minimum atomic E-state index is 0.387. The molecular formula is C29H44N2. The Hall–Kier alpha value is -1.80. The van der Waals surface area contributed by atoms with E-state index in [1.54, 1.807) is 5.57 Å². The van der Waals surface area contributed by atoms with Crippen LogP contribution in [0.1, 0.15) is 83.1 Å². The van der Waals surface area contributed by atoms with E-state index in [0.29, 0.717) is 17.4 Å². The maximum Gasteiger partial charge on any atom is 0.0230 e. The minimum absolute atomic E-state index is 0.387. The highest BCUT2D eigenvalue weighted by atomic mass is 14.9. The number of allylic oxidation sites excluding steroid dienone is 5. The first kappa shape index (κ1) is 23.9. The molecule has 3 N–H and O–H groups in total. The molecule has 2 atom stereocenters. The number of hydrogen-bond donors (Lipinski definition) is 2. The lowest BCUT2D eigenvalue weighted by molar-refractivity contribution is 0.160. The molecule has 2 aliphatic carbocycles. The summed E-state index contributed by atoms with van der Waals surface area (Å²) in [6.07, 6.45) is 21.8. The highest BCUT2D eigenvalue weighted by Crippen LogP contribution is 2.51. The topological polar surface area (TPSA) is 38.0 Å². The molecule has 2 aliphatic rings. The predicted octanol–water partition coefficient (Wildman–Crippen LogP) is 7.08. The highest BCUT2D eigenvalue weighted by Gasteiger charge is 2.42. The zero-order valence-corrected chi connectivity index (χ0v) is 19.8. The van der Waals surface area contributed by atoms with Crippen molar-refractivity contribution in [3.05, 3.63) is 72.0 Å². The molecule has 0 radical (unpaired) electrons. The van der Waals surface area contributed by atoms with Gasteiger partial charge < -0.3 is 11.1 Å². The molecular weight excluding hydrogens is 376 g/mol. The van der Waals surface area contributed by atoms with E-state index in [1.165, 1.54) is 75.5 Å². The van der Waals surface area contributed by atoms with Crippen molar-refractivity contribution in [3.63, 3.8) is 0 Å². The SMILES string of the molecule is C=C(NC(C)CCCN)C(CCC1=CC=CCC1)C1(CCc2ccccc2)CCCC1. The zero-order chi connectivity index (χ0) is 21.9. The van der Waals surface area contributed by atoms with Crippen LogP contribution in [-0.4, -0.2) is 12.6 Å². The Bertz CT molecular complexity index is 724. The first-order valence-electron chi connectivity index (χ1n) is 12.7. The van der Waals surface area contributed by atoms with Crippen molar-refractivity contribution in [1.29, 1.82) is 0 Å². The third-order valence-electron chi connectivity index (χ3n) is 7.64. The Labute approximate surface area is 191 Å². The fraction of sp³-hybridized carbons (Fsp3) is 0.586. The Balaban J connectivity index is 1.74. The summed E-state index contributed by atoms with van der Waals surface area (Å²) >= 11 is 0. The summed E-state index contributed by atoms with van der Waals surface area (Å²) < 4.78 is 0. The largest absolute Gasteiger partial charge is 0.386 e. The number of nitrogens with two attached hydrogens (primary N) is 1.